The van der Waals surface area contributed by atoms with Crippen molar-refractivity contribution in [1.29, 1.82) is 0 Å². The number of para-hydroxylation sites is 1. The van der Waals surface area contributed by atoms with E-state index in [2.05, 4.69) is 10.3 Å². The third-order valence-electron chi connectivity index (χ3n) is 4.06. The van der Waals surface area contributed by atoms with Crippen LogP contribution in [0.2, 0.25) is 0 Å². The molecule has 0 aliphatic carbocycles. The first kappa shape index (κ1) is 17.7. The fourth-order valence-corrected chi connectivity index (χ4v) is 2.66. The summed E-state index contributed by atoms with van der Waals surface area (Å²) in [6.07, 6.45) is -4.46. The minimum atomic E-state index is -4.46. The van der Waals surface area contributed by atoms with Gasteiger partial charge in [-0.15, -0.1) is 0 Å². The Morgan fingerprint density at radius 1 is 1.08 bits per heavy atom. The number of pyridine rings is 1. The van der Waals surface area contributed by atoms with Gasteiger partial charge in [-0.25, -0.2) is 0 Å². The molecule has 7 heteroatoms. The van der Waals surface area contributed by atoms with Crippen molar-refractivity contribution >= 4 is 16.8 Å². The lowest BCUT2D eigenvalue weighted by Crippen LogP contribution is -2.31. The molecule has 4 nitrogen and oxygen atoms in total. The predicted molar refractivity (Wildman–Crippen MR) is 91.9 cm³/mol. The fourth-order valence-electron chi connectivity index (χ4n) is 2.66. The number of carbonyl (C=O) groups excluding carboxylic acids is 1. The highest BCUT2D eigenvalue weighted by molar-refractivity contribution is 5.97. The lowest BCUT2D eigenvalue weighted by molar-refractivity contribution is -0.137. The Labute approximate surface area is 146 Å². The summed E-state index contributed by atoms with van der Waals surface area (Å²) in [5.41, 5.74) is -0.551. The van der Waals surface area contributed by atoms with Gasteiger partial charge in [0.05, 0.1) is 11.6 Å². The summed E-state index contributed by atoms with van der Waals surface area (Å²) >= 11 is 0. The number of alkyl halides is 3. The SMILES string of the molecule is CC(NC(=O)c1cc2ccccc2[nH]c1=O)c1cccc(C(F)(F)F)c1. The molecular weight excluding hydrogens is 345 g/mol. The third-order valence-corrected chi connectivity index (χ3v) is 4.06. The van der Waals surface area contributed by atoms with Crippen LogP contribution in [-0.4, -0.2) is 10.9 Å². The van der Waals surface area contributed by atoms with E-state index in [9.17, 15) is 22.8 Å². The first-order chi connectivity index (χ1) is 12.3. The van der Waals surface area contributed by atoms with Crippen LogP contribution in [0.15, 0.2) is 59.4 Å². The van der Waals surface area contributed by atoms with Crippen LogP contribution in [0.4, 0.5) is 13.2 Å². The van der Waals surface area contributed by atoms with Gasteiger partial charge in [0, 0.05) is 5.52 Å². The monoisotopic (exact) mass is 360 g/mol. The molecule has 0 saturated carbocycles. The maximum atomic E-state index is 12.8. The molecule has 2 N–H and O–H groups in total. The Kier molecular flexibility index (Phi) is 4.54. The molecule has 2 aromatic carbocycles. The van der Waals surface area contributed by atoms with Crippen LogP contribution < -0.4 is 10.9 Å². The molecule has 0 bridgehead atoms. The Morgan fingerprint density at radius 2 is 1.81 bits per heavy atom. The molecule has 1 heterocycles. The van der Waals surface area contributed by atoms with Gasteiger partial charge in [0.2, 0.25) is 0 Å². The zero-order valence-electron chi connectivity index (χ0n) is 13.7. The van der Waals surface area contributed by atoms with E-state index in [-0.39, 0.29) is 5.56 Å². The molecule has 26 heavy (non-hydrogen) atoms. The topological polar surface area (TPSA) is 62.0 Å². The molecule has 3 aromatic rings. The number of hydrogen-bond acceptors (Lipinski definition) is 2. The van der Waals surface area contributed by atoms with E-state index in [4.69, 9.17) is 0 Å². The largest absolute Gasteiger partial charge is 0.416 e. The smallest absolute Gasteiger partial charge is 0.345 e. The molecule has 0 spiro atoms. The highest BCUT2D eigenvalue weighted by Gasteiger charge is 2.30. The van der Waals surface area contributed by atoms with Crippen molar-refractivity contribution in [2.24, 2.45) is 0 Å². The molecule has 1 amide bonds. The summed E-state index contributed by atoms with van der Waals surface area (Å²) in [6, 6.07) is 12.5. The molecule has 0 aliphatic rings. The Morgan fingerprint density at radius 3 is 2.54 bits per heavy atom. The van der Waals surface area contributed by atoms with Gasteiger partial charge in [0.25, 0.3) is 11.5 Å². The minimum Gasteiger partial charge on any atom is -0.345 e. The normalized spacial score (nSPS) is 12.8. The summed E-state index contributed by atoms with van der Waals surface area (Å²) in [7, 11) is 0. The number of nitrogens with one attached hydrogen (secondary N) is 2. The fraction of sp³-hybridized carbons (Fsp3) is 0.158. The second-order valence-electron chi connectivity index (χ2n) is 5.92. The van der Waals surface area contributed by atoms with E-state index in [0.717, 1.165) is 12.1 Å². The van der Waals surface area contributed by atoms with Crippen molar-refractivity contribution in [3.05, 3.63) is 81.6 Å². The molecular formula is C19H15F3N2O2. The van der Waals surface area contributed by atoms with Crippen molar-refractivity contribution in [3.63, 3.8) is 0 Å². The summed E-state index contributed by atoms with van der Waals surface area (Å²) in [5, 5.41) is 3.25. The number of amides is 1. The summed E-state index contributed by atoms with van der Waals surface area (Å²) in [4.78, 5) is 27.2. The second-order valence-corrected chi connectivity index (χ2v) is 5.92. The van der Waals surface area contributed by atoms with Crippen LogP contribution >= 0.6 is 0 Å². The average Bonchev–Trinajstić information content (AvgIpc) is 2.60. The summed E-state index contributed by atoms with van der Waals surface area (Å²) in [6.45, 7) is 1.56. The Bertz CT molecular complexity index is 1020. The van der Waals surface area contributed by atoms with Crippen molar-refractivity contribution < 1.29 is 18.0 Å². The van der Waals surface area contributed by atoms with E-state index in [1.807, 2.05) is 0 Å². The standard InChI is InChI=1S/C19H15F3N2O2/c1-11(12-6-4-7-14(9-12)19(20,21)22)23-17(25)15-10-13-5-2-3-8-16(13)24-18(15)26/h2-11H,1H3,(H,23,25)(H,24,26). The number of benzene rings is 2. The lowest BCUT2D eigenvalue weighted by Gasteiger charge is -2.16. The van der Waals surface area contributed by atoms with Crippen molar-refractivity contribution in [1.82, 2.24) is 10.3 Å². The van der Waals surface area contributed by atoms with E-state index in [0.29, 0.717) is 16.5 Å². The summed E-state index contributed by atoms with van der Waals surface area (Å²) < 4.78 is 38.5. The molecule has 1 atom stereocenters. The number of rotatable bonds is 3. The molecule has 0 aliphatic heterocycles. The van der Waals surface area contributed by atoms with Crippen LogP contribution in [-0.2, 0) is 6.18 Å². The quantitative estimate of drug-likeness (QED) is 0.741. The molecule has 0 radical (unpaired) electrons. The van der Waals surface area contributed by atoms with Gasteiger partial charge in [-0.1, -0.05) is 30.3 Å². The van der Waals surface area contributed by atoms with Crippen LogP contribution in [0.1, 0.15) is 34.5 Å². The van der Waals surface area contributed by atoms with Crippen LogP contribution in [0.3, 0.4) is 0 Å². The van der Waals surface area contributed by atoms with Crippen LogP contribution in [0.25, 0.3) is 10.9 Å². The lowest BCUT2D eigenvalue weighted by atomic mass is 10.0. The predicted octanol–water partition coefficient (Wildman–Crippen LogP) is 4.04. The number of aromatic nitrogens is 1. The molecule has 1 aromatic heterocycles. The van der Waals surface area contributed by atoms with Crippen molar-refractivity contribution in [2.45, 2.75) is 19.1 Å². The third kappa shape index (κ3) is 3.61. The maximum absolute atomic E-state index is 12.8. The van der Waals surface area contributed by atoms with Gasteiger partial charge in [0.1, 0.15) is 5.56 Å². The first-order valence-corrected chi connectivity index (χ1v) is 7.86. The van der Waals surface area contributed by atoms with Crippen LogP contribution in [0, 0.1) is 0 Å². The van der Waals surface area contributed by atoms with E-state index in [1.54, 1.807) is 31.2 Å². The molecule has 1 unspecified atom stereocenters. The second kappa shape index (κ2) is 6.67. The first-order valence-electron chi connectivity index (χ1n) is 7.86. The Hall–Kier alpha value is -3.09. The number of aromatic amines is 1. The minimum absolute atomic E-state index is 0.0949. The van der Waals surface area contributed by atoms with E-state index in [1.165, 1.54) is 18.2 Å². The number of carbonyl (C=O) groups is 1. The van der Waals surface area contributed by atoms with Gasteiger partial charge < -0.3 is 10.3 Å². The van der Waals surface area contributed by atoms with E-state index >= 15 is 0 Å². The highest BCUT2D eigenvalue weighted by Crippen LogP contribution is 2.30. The number of H-pyrrole nitrogens is 1. The number of fused-ring (bicyclic) bond motifs is 1. The number of hydrogen-bond donors (Lipinski definition) is 2. The Balaban J connectivity index is 1.86. The number of halogens is 3. The van der Waals surface area contributed by atoms with Gasteiger partial charge in [-0.05, 0) is 42.1 Å². The van der Waals surface area contributed by atoms with Gasteiger partial charge in [0.15, 0.2) is 0 Å². The average molecular weight is 360 g/mol. The summed E-state index contributed by atoms with van der Waals surface area (Å²) in [5.74, 6) is -0.651. The highest BCUT2D eigenvalue weighted by atomic mass is 19.4. The maximum Gasteiger partial charge on any atom is 0.416 e. The molecule has 3 rings (SSSR count). The van der Waals surface area contributed by atoms with Crippen molar-refractivity contribution in [3.8, 4) is 0 Å². The zero-order valence-corrected chi connectivity index (χ0v) is 13.7. The molecule has 0 saturated heterocycles. The zero-order chi connectivity index (χ0) is 18.9. The molecule has 0 fully saturated rings. The van der Waals surface area contributed by atoms with Crippen LogP contribution in [0.5, 0.6) is 0 Å². The molecule has 134 valence electrons. The van der Waals surface area contributed by atoms with Gasteiger partial charge in [-0.2, -0.15) is 13.2 Å². The van der Waals surface area contributed by atoms with Crippen molar-refractivity contribution in [2.75, 3.05) is 0 Å². The van der Waals surface area contributed by atoms with Gasteiger partial charge in [-0.3, -0.25) is 9.59 Å². The van der Waals surface area contributed by atoms with Gasteiger partial charge >= 0.3 is 6.18 Å². The van der Waals surface area contributed by atoms with E-state index < -0.39 is 29.2 Å².